The van der Waals surface area contributed by atoms with Crippen LogP contribution in [0.1, 0.15) is 43.4 Å². The van der Waals surface area contributed by atoms with Crippen molar-refractivity contribution in [2.45, 2.75) is 32.2 Å². The minimum absolute atomic E-state index is 0.0368. The zero-order valence-corrected chi connectivity index (χ0v) is 21.5. The van der Waals surface area contributed by atoms with Crippen LogP contribution in [0.2, 0.25) is 5.02 Å². The van der Waals surface area contributed by atoms with Gasteiger partial charge in [0.25, 0.3) is 11.7 Å². The Morgan fingerprint density at radius 3 is 2.43 bits per heavy atom. The van der Waals surface area contributed by atoms with E-state index in [9.17, 15) is 14.7 Å². The van der Waals surface area contributed by atoms with Gasteiger partial charge in [0, 0.05) is 23.7 Å². The highest BCUT2D eigenvalue weighted by Crippen LogP contribution is 2.42. The molecule has 0 bridgehead atoms. The number of likely N-dealkylation sites (tertiary alicyclic amines) is 1. The van der Waals surface area contributed by atoms with Crippen molar-refractivity contribution in [2.24, 2.45) is 0 Å². The third-order valence-corrected chi connectivity index (χ3v) is 6.21. The van der Waals surface area contributed by atoms with E-state index in [1.54, 1.807) is 43.5 Å². The summed E-state index contributed by atoms with van der Waals surface area (Å²) in [7, 11) is 5.34. The fraction of sp³-hybridized carbons (Fsp3) is 0.407. The van der Waals surface area contributed by atoms with Crippen LogP contribution in [-0.4, -0.2) is 67.5 Å². The van der Waals surface area contributed by atoms with Crippen LogP contribution in [0.5, 0.6) is 11.5 Å². The van der Waals surface area contributed by atoms with Crippen molar-refractivity contribution < 1.29 is 24.2 Å². The molecule has 1 atom stereocenters. The Labute approximate surface area is 211 Å². The van der Waals surface area contributed by atoms with Crippen molar-refractivity contribution in [2.75, 3.05) is 40.9 Å². The van der Waals surface area contributed by atoms with Crippen molar-refractivity contribution in [3.05, 3.63) is 64.2 Å². The number of ketones is 1. The molecule has 3 rings (SSSR count). The first-order chi connectivity index (χ1) is 16.8. The molecule has 2 aromatic rings. The number of methoxy groups -OCH3 is 1. The largest absolute Gasteiger partial charge is 0.507 e. The van der Waals surface area contributed by atoms with E-state index in [0.717, 1.165) is 19.3 Å². The Kier molecular flexibility index (Phi) is 9.18. The maximum absolute atomic E-state index is 13.1. The van der Waals surface area contributed by atoms with E-state index in [1.165, 1.54) is 4.90 Å². The number of amides is 1. The summed E-state index contributed by atoms with van der Waals surface area (Å²) in [6.07, 6.45) is 3.11. The number of carbonyl (C=O) groups excluding carboxylic acids is 2. The second-order valence-corrected chi connectivity index (χ2v) is 9.20. The SMILES string of the molecule is CCCCCOc1ccc(C2C(=C(O)c3ccc(Cl)cc3)C(=O)C(=O)N2CCN(C)C)cc1OC. The fourth-order valence-electron chi connectivity index (χ4n) is 4.04. The number of nitrogens with zero attached hydrogens (tertiary/aromatic N) is 2. The van der Waals surface area contributed by atoms with Gasteiger partial charge in [0.05, 0.1) is 25.3 Å². The zero-order chi connectivity index (χ0) is 25.5. The topological polar surface area (TPSA) is 79.3 Å². The second-order valence-electron chi connectivity index (χ2n) is 8.77. The Balaban J connectivity index is 2.06. The first-order valence-corrected chi connectivity index (χ1v) is 12.2. The summed E-state index contributed by atoms with van der Waals surface area (Å²) in [5, 5.41) is 11.6. The third kappa shape index (κ3) is 6.16. The van der Waals surface area contributed by atoms with Gasteiger partial charge in [-0.1, -0.05) is 37.4 Å². The molecular formula is C27H33ClN2O5. The molecule has 1 aliphatic rings. The van der Waals surface area contributed by atoms with Crippen LogP contribution in [0, 0.1) is 0 Å². The summed E-state index contributed by atoms with van der Waals surface area (Å²) in [5.41, 5.74) is 1.10. The monoisotopic (exact) mass is 500 g/mol. The number of carbonyl (C=O) groups is 2. The molecule has 188 valence electrons. The lowest BCUT2D eigenvalue weighted by molar-refractivity contribution is -0.140. The van der Waals surface area contributed by atoms with Crippen LogP contribution in [-0.2, 0) is 9.59 Å². The van der Waals surface area contributed by atoms with E-state index in [4.69, 9.17) is 21.1 Å². The number of rotatable bonds is 11. The van der Waals surface area contributed by atoms with Crippen molar-refractivity contribution in [3.63, 3.8) is 0 Å². The van der Waals surface area contributed by atoms with Crippen LogP contribution in [0.4, 0.5) is 0 Å². The molecule has 1 fully saturated rings. The molecule has 0 spiro atoms. The highest BCUT2D eigenvalue weighted by atomic mass is 35.5. The summed E-state index contributed by atoms with van der Waals surface area (Å²) in [5.74, 6) is -0.512. The number of aliphatic hydroxyl groups excluding tert-OH is 1. The maximum atomic E-state index is 13.1. The number of hydrogen-bond donors (Lipinski definition) is 1. The first-order valence-electron chi connectivity index (χ1n) is 11.8. The van der Waals surface area contributed by atoms with Gasteiger partial charge in [0.15, 0.2) is 11.5 Å². The molecule has 0 aliphatic carbocycles. The van der Waals surface area contributed by atoms with Gasteiger partial charge < -0.3 is 24.4 Å². The van der Waals surface area contributed by atoms with E-state index in [0.29, 0.717) is 47.3 Å². The predicted molar refractivity (Wildman–Crippen MR) is 137 cm³/mol. The molecule has 0 aromatic heterocycles. The normalized spacial score (nSPS) is 17.3. The standard InChI is InChI=1S/C27H33ClN2O5/c1-5-6-7-16-35-21-13-10-19(17-22(21)34-4)24-23(25(31)18-8-11-20(28)12-9-18)26(32)27(33)30(24)15-14-29(2)3/h8-13,17,24,31H,5-7,14-16H2,1-4H3. The second kappa shape index (κ2) is 12.1. The summed E-state index contributed by atoms with van der Waals surface area (Å²) in [6.45, 7) is 3.57. The van der Waals surface area contributed by atoms with Gasteiger partial charge >= 0.3 is 0 Å². The van der Waals surface area contributed by atoms with Gasteiger partial charge in [-0.3, -0.25) is 9.59 Å². The number of ether oxygens (including phenoxy) is 2. The third-order valence-electron chi connectivity index (χ3n) is 5.95. The predicted octanol–water partition coefficient (Wildman–Crippen LogP) is 4.90. The number of likely N-dealkylation sites (N-methyl/N-ethyl adjacent to an activating group) is 1. The van der Waals surface area contributed by atoms with Crippen LogP contribution in [0.25, 0.3) is 5.76 Å². The molecule has 2 aromatic carbocycles. The average molecular weight is 501 g/mol. The highest BCUT2D eigenvalue weighted by Gasteiger charge is 2.46. The maximum Gasteiger partial charge on any atom is 0.295 e. The quantitative estimate of drug-likeness (QED) is 0.204. The lowest BCUT2D eigenvalue weighted by Gasteiger charge is -2.27. The summed E-state index contributed by atoms with van der Waals surface area (Å²) < 4.78 is 11.5. The van der Waals surface area contributed by atoms with Crippen molar-refractivity contribution >= 4 is 29.1 Å². The summed E-state index contributed by atoms with van der Waals surface area (Å²) >= 11 is 5.99. The number of aliphatic hydroxyl groups is 1. The molecule has 8 heteroatoms. The molecule has 1 heterocycles. The zero-order valence-electron chi connectivity index (χ0n) is 20.7. The first kappa shape index (κ1) is 26.6. The number of benzene rings is 2. The number of halogens is 1. The van der Waals surface area contributed by atoms with Crippen molar-refractivity contribution in [3.8, 4) is 11.5 Å². The summed E-state index contributed by atoms with van der Waals surface area (Å²) in [6, 6.07) is 11.1. The van der Waals surface area contributed by atoms with Crippen LogP contribution in [0.3, 0.4) is 0 Å². The van der Waals surface area contributed by atoms with Gasteiger partial charge in [-0.2, -0.15) is 0 Å². The Hall–Kier alpha value is -3.03. The minimum Gasteiger partial charge on any atom is -0.507 e. The Bertz CT molecular complexity index is 1080. The van der Waals surface area contributed by atoms with Crippen LogP contribution >= 0.6 is 11.6 Å². The molecule has 7 nitrogen and oxygen atoms in total. The Morgan fingerprint density at radius 1 is 1.09 bits per heavy atom. The van der Waals surface area contributed by atoms with E-state index in [2.05, 4.69) is 6.92 Å². The van der Waals surface area contributed by atoms with Gasteiger partial charge in [0.1, 0.15) is 5.76 Å². The van der Waals surface area contributed by atoms with Crippen LogP contribution in [0.15, 0.2) is 48.0 Å². The van der Waals surface area contributed by atoms with Crippen molar-refractivity contribution in [1.82, 2.24) is 9.80 Å². The fourth-order valence-corrected chi connectivity index (χ4v) is 4.16. The average Bonchev–Trinajstić information content (AvgIpc) is 3.10. The Morgan fingerprint density at radius 2 is 1.80 bits per heavy atom. The number of Topliss-reactive ketones (excluding diaryl/α,β-unsaturated/α-hetero) is 1. The summed E-state index contributed by atoms with van der Waals surface area (Å²) in [4.78, 5) is 29.6. The van der Waals surface area contributed by atoms with E-state index >= 15 is 0 Å². The molecule has 1 aliphatic heterocycles. The molecular weight excluding hydrogens is 468 g/mol. The molecule has 35 heavy (non-hydrogen) atoms. The smallest absolute Gasteiger partial charge is 0.295 e. The van der Waals surface area contributed by atoms with E-state index in [-0.39, 0.29) is 11.3 Å². The number of unbranched alkanes of at least 4 members (excludes halogenated alkanes) is 2. The van der Waals surface area contributed by atoms with Gasteiger partial charge in [-0.25, -0.2) is 0 Å². The lowest BCUT2D eigenvalue weighted by atomic mass is 9.95. The minimum atomic E-state index is -0.770. The molecule has 1 amide bonds. The molecule has 1 saturated heterocycles. The molecule has 1 N–H and O–H groups in total. The van der Waals surface area contributed by atoms with E-state index in [1.807, 2.05) is 25.1 Å². The lowest BCUT2D eigenvalue weighted by Crippen LogP contribution is -2.35. The van der Waals surface area contributed by atoms with Gasteiger partial charge in [-0.15, -0.1) is 0 Å². The van der Waals surface area contributed by atoms with E-state index < -0.39 is 17.7 Å². The molecule has 0 radical (unpaired) electrons. The molecule has 1 unspecified atom stereocenters. The molecule has 0 saturated carbocycles. The number of hydrogen-bond acceptors (Lipinski definition) is 6. The van der Waals surface area contributed by atoms with Gasteiger partial charge in [-0.05, 0) is 62.5 Å². The van der Waals surface area contributed by atoms with Gasteiger partial charge in [0.2, 0.25) is 0 Å². The highest BCUT2D eigenvalue weighted by molar-refractivity contribution is 6.46. The van der Waals surface area contributed by atoms with Crippen LogP contribution < -0.4 is 9.47 Å². The van der Waals surface area contributed by atoms with Crippen molar-refractivity contribution in [1.29, 1.82) is 0 Å².